The van der Waals surface area contributed by atoms with Gasteiger partial charge < -0.3 is 14.7 Å². The van der Waals surface area contributed by atoms with Crippen molar-refractivity contribution in [1.29, 1.82) is 0 Å². The maximum atomic E-state index is 13.4. The molecular weight excluding hydrogens is 579 g/mol. The number of piperazine rings is 1. The van der Waals surface area contributed by atoms with Crippen LogP contribution in [0.3, 0.4) is 0 Å². The Bertz CT molecular complexity index is 1990. The third-order valence-corrected chi connectivity index (χ3v) is 11.1. The van der Waals surface area contributed by atoms with Crippen molar-refractivity contribution in [3.8, 4) is 17.3 Å². The van der Waals surface area contributed by atoms with Gasteiger partial charge >= 0.3 is 6.01 Å². The highest BCUT2D eigenvalue weighted by atomic mass is 35.5. The number of aliphatic hydroxyl groups is 1. The number of rotatable bonds is 7. The van der Waals surface area contributed by atoms with Crippen molar-refractivity contribution in [2.24, 2.45) is 0 Å². The summed E-state index contributed by atoms with van der Waals surface area (Å²) in [5, 5.41) is 14.6. The third-order valence-electron chi connectivity index (χ3n) is 10.8. The third kappa shape index (κ3) is 3.46. The predicted molar refractivity (Wildman–Crippen MR) is 166 cm³/mol. The molecule has 4 saturated heterocycles. The number of benzene rings is 2. The standard InChI is InChI=1S/C34H31ClFN6O2/c1-2-23-29(24-7-3-5-19-6-4-8-26(35)28(19)24)38-15-25-30(23)39-33(44-12-11-21-10-9-20(36)14-37-21)40-32(25)41-16-22-13-34-18-42(22,34)27(17-41)31(34)43/h3-10,14-15,22,27,31,43H,2,11-13,16-18H2,1H3/q+1/t22-,27?,31+,34?,42+/m1/s1. The van der Waals surface area contributed by atoms with Gasteiger partial charge in [-0.2, -0.15) is 9.97 Å². The highest BCUT2D eigenvalue weighted by Crippen LogP contribution is 2.73. The van der Waals surface area contributed by atoms with Crippen molar-refractivity contribution < 1.29 is 18.7 Å². The van der Waals surface area contributed by atoms with E-state index in [-0.39, 0.29) is 29.5 Å². The molecule has 10 heteroatoms. The highest BCUT2D eigenvalue weighted by molar-refractivity contribution is 6.36. The van der Waals surface area contributed by atoms with Gasteiger partial charge in [0.05, 0.1) is 48.9 Å². The molecule has 4 fully saturated rings. The molecule has 0 amide bonds. The van der Waals surface area contributed by atoms with Crippen molar-refractivity contribution >= 4 is 39.1 Å². The number of hydrogen-bond acceptors (Lipinski definition) is 7. The zero-order chi connectivity index (χ0) is 29.8. The Morgan fingerprint density at radius 3 is 2.75 bits per heavy atom. The predicted octanol–water partition coefficient (Wildman–Crippen LogP) is 5.12. The van der Waals surface area contributed by atoms with Crippen LogP contribution in [0.25, 0.3) is 32.9 Å². The molecule has 8 nitrogen and oxygen atoms in total. The number of nitrogens with zero attached hydrogens (tertiary/aromatic N) is 6. The fourth-order valence-corrected chi connectivity index (χ4v) is 9.05. The van der Waals surface area contributed by atoms with Gasteiger partial charge in [0.2, 0.25) is 0 Å². The molecule has 4 aliphatic heterocycles. The Morgan fingerprint density at radius 1 is 1.09 bits per heavy atom. The number of pyridine rings is 2. The lowest BCUT2D eigenvalue weighted by Gasteiger charge is -2.63. The van der Waals surface area contributed by atoms with E-state index in [9.17, 15) is 9.50 Å². The second kappa shape index (κ2) is 9.30. The summed E-state index contributed by atoms with van der Waals surface area (Å²) in [6.45, 7) is 5.16. The smallest absolute Gasteiger partial charge is 0.318 e. The first-order valence-corrected chi connectivity index (χ1v) is 15.7. The molecule has 3 aromatic heterocycles. The molecule has 1 N–H and O–H groups in total. The summed E-state index contributed by atoms with van der Waals surface area (Å²) in [5.41, 5.74) is 4.50. The molecule has 1 spiro atoms. The van der Waals surface area contributed by atoms with E-state index in [0.29, 0.717) is 30.5 Å². The number of aromatic nitrogens is 4. The molecule has 0 radical (unpaired) electrons. The second-order valence-corrected chi connectivity index (χ2v) is 13.1. The van der Waals surface area contributed by atoms with Crippen LogP contribution in [0.2, 0.25) is 5.02 Å². The summed E-state index contributed by atoms with van der Waals surface area (Å²) in [5.74, 6) is 0.431. The molecule has 44 heavy (non-hydrogen) atoms. The average Bonchev–Trinajstić information content (AvgIpc) is 3.41. The van der Waals surface area contributed by atoms with Gasteiger partial charge in [0.25, 0.3) is 0 Å². The van der Waals surface area contributed by atoms with Crippen molar-refractivity contribution in [2.45, 2.75) is 49.9 Å². The minimum absolute atomic E-state index is 0.156. The maximum absolute atomic E-state index is 13.4. The van der Waals surface area contributed by atoms with Crippen molar-refractivity contribution in [3.05, 3.63) is 83.0 Å². The van der Waals surface area contributed by atoms with Gasteiger partial charge in [-0.1, -0.05) is 48.9 Å². The number of aryl methyl sites for hydroxylation is 1. The van der Waals surface area contributed by atoms with E-state index in [1.54, 1.807) is 6.07 Å². The number of halogens is 2. The number of anilines is 1. The van der Waals surface area contributed by atoms with Gasteiger partial charge in [0, 0.05) is 39.8 Å². The van der Waals surface area contributed by atoms with Crippen LogP contribution in [0.4, 0.5) is 10.2 Å². The summed E-state index contributed by atoms with van der Waals surface area (Å²) >= 11 is 6.74. The number of aliphatic hydroxyl groups excluding tert-OH is 1. The SMILES string of the molecule is CCc1c(-c2cccc3cccc(Cl)c23)ncc2c(N3CC4[C@H](O)C56C[C@H](C3)[N@@+]45C6)nc(OCCc3ccc(F)cn3)nc12. The molecule has 5 atom stereocenters. The van der Waals surface area contributed by atoms with Gasteiger partial charge in [-0.15, -0.1) is 0 Å². The van der Waals surface area contributed by atoms with Crippen LogP contribution in [0.5, 0.6) is 6.01 Å². The van der Waals surface area contributed by atoms with Gasteiger partial charge in [0.15, 0.2) is 11.6 Å². The average molecular weight is 610 g/mol. The topological polar surface area (TPSA) is 84.3 Å². The summed E-state index contributed by atoms with van der Waals surface area (Å²) in [6.07, 6.45) is 5.12. The van der Waals surface area contributed by atoms with E-state index in [1.807, 2.05) is 24.4 Å². The van der Waals surface area contributed by atoms with Crippen LogP contribution in [0.1, 0.15) is 24.6 Å². The number of fused-ring (bicyclic) bond motifs is 2. The first kappa shape index (κ1) is 26.5. The van der Waals surface area contributed by atoms with Crippen LogP contribution in [-0.2, 0) is 12.8 Å². The minimum Gasteiger partial charge on any atom is -0.463 e. The molecule has 0 bridgehead atoms. The maximum Gasteiger partial charge on any atom is 0.318 e. The molecule has 9 rings (SSSR count). The van der Waals surface area contributed by atoms with E-state index >= 15 is 0 Å². The van der Waals surface area contributed by atoms with E-state index < -0.39 is 0 Å². The molecule has 0 saturated carbocycles. The van der Waals surface area contributed by atoms with Crippen LogP contribution < -0.4 is 9.64 Å². The largest absolute Gasteiger partial charge is 0.463 e. The van der Waals surface area contributed by atoms with Crippen molar-refractivity contribution in [3.63, 3.8) is 0 Å². The second-order valence-electron chi connectivity index (χ2n) is 12.7. The van der Waals surface area contributed by atoms with Crippen molar-refractivity contribution in [2.75, 3.05) is 31.1 Å². The molecule has 2 aromatic carbocycles. The summed E-state index contributed by atoms with van der Waals surface area (Å²) in [6, 6.07) is 16.2. The lowest BCUT2D eigenvalue weighted by molar-refractivity contribution is -0.968. The lowest BCUT2D eigenvalue weighted by atomic mass is 9.70. The Balaban J connectivity index is 1.15. The number of piperidine rings is 1. The van der Waals surface area contributed by atoms with E-state index in [1.165, 1.54) is 12.3 Å². The van der Waals surface area contributed by atoms with Crippen molar-refractivity contribution in [1.82, 2.24) is 19.9 Å². The van der Waals surface area contributed by atoms with E-state index in [2.05, 4.69) is 35.0 Å². The molecule has 7 heterocycles. The Labute approximate surface area is 258 Å². The van der Waals surface area contributed by atoms with Gasteiger partial charge in [-0.05, 0) is 30.0 Å². The van der Waals surface area contributed by atoms with Crippen LogP contribution in [0.15, 0.2) is 60.9 Å². The quantitative estimate of drug-likeness (QED) is 0.203. The minimum atomic E-state index is -0.366. The molecule has 5 aromatic rings. The van der Waals surface area contributed by atoms with Gasteiger partial charge in [-0.25, -0.2) is 4.39 Å². The Kier molecular flexibility index (Phi) is 5.59. The van der Waals surface area contributed by atoms with Gasteiger partial charge in [0.1, 0.15) is 30.3 Å². The molecule has 0 aliphatic carbocycles. The first-order valence-electron chi connectivity index (χ1n) is 15.3. The monoisotopic (exact) mass is 609 g/mol. The van der Waals surface area contributed by atoms with Crippen LogP contribution >= 0.6 is 11.6 Å². The summed E-state index contributed by atoms with van der Waals surface area (Å²) in [4.78, 5) is 21.5. The van der Waals surface area contributed by atoms with E-state index in [0.717, 1.165) is 80.5 Å². The Hall–Kier alpha value is -3.92. The number of hydrogen-bond donors (Lipinski definition) is 1. The normalized spacial score (nSPS) is 27.8. The van der Waals surface area contributed by atoms with Crippen LogP contribution in [0, 0.1) is 5.82 Å². The fraction of sp³-hybridized carbons (Fsp3) is 0.353. The molecule has 2 unspecified atom stereocenters. The number of ether oxygens (including phenoxy) is 1. The molecule has 4 aliphatic rings. The summed E-state index contributed by atoms with van der Waals surface area (Å²) < 4.78 is 20.7. The molecular formula is C34H31ClFN6O2+. The fourth-order valence-electron chi connectivity index (χ4n) is 8.77. The Morgan fingerprint density at radius 2 is 1.95 bits per heavy atom. The lowest BCUT2D eigenvalue weighted by Crippen LogP contribution is -2.85. The summed E-state index contributed by atoms with van der Waals surface area (Å²) in [7, 11) is 0. The van der Waals surface area contributed by atoms with Crippen LogP contribution in [-0.4, -0.2) is 79.5 Å². The number of quaternary nitrogens is 1. The highest BCUT2D eigenvalue weighted by Gasteiger charge is 2.98. The zero-order valence-electron chi connectivity index (χ0n) is 24.2. The molecule has 222 valence electrons. The van der Waals surface area contributed by atoms with Gasteiger partial charge in [-0.3, -0.25) is 14.5 Å². The zero-order valence-corrected chi connectivity index (χ0v) is 25.0. The first-order chi connectivity index (χ1) is 21.4. The van der Waals surface area contributed by atoms with E-state index in [4.69, 9.17) is 31.3 Å².